The van der Waals surface area contributed by atoms with Gasteiger partial charge in [-0.2, -0.15) is 12.6 Å². The number of thiol groups is 1. The number of rotatable bonds is 3. The average Bonchev–Trinajstić information content (AvgIpc) is 2.29. The predicted molar refractivity (Wildman–Crippen MR) is 66.4 cm³/mol. The Labute approximate surface area is 96.3 Å². The summed E-state index contributed by atoms with van der Waals surface area (Å²) < 4.78 is 0. The summed E-state index contributed by atoms with van der Waals surface area (Å²) in [5, 5.41) is 0. The Hall–Kier alpha value is -1.20. The van der Waals surface area contributed by atoms with Gasteiger partial charge in [-0.05, 0) is 12.1 Å². The van der Waals surface area contributed by atoms with Gasteiger partial charge < -0.3 is 0 Å². The van der Waals surface area contributed by atoms with Gasteiger partial charge in [0.15, 0.2) is 5.78 Å². The van der Waals surface area contributed by atoms with Crippen LogP contribution < -0.4 is 0 Å². The molecule has 15 heavy (non-hydrogen) atoms. The number of hydrogen-bond donors (Lipinski definition) is 1. The van der Waals surface area contributed by atoms with E-state index in [1.807, 2.05) is 31.2 Å². The number of hydrogen-bond acceptors (Lipinski definition) is 2. The lowest BCUT2D eigenvalue weighted by Gasteiger charge is -1.97. The molecule has 0 radical (unpaired) electrons. The number of Topliss-reactive ketones (excluding diaryl/α,β-unsaturated/α-hetero) is 1. The van der Waals surface area contributed by atoms with Crippen molar-refractivity contribution >= 4 is 18.4 Å². The molecule has 2 heteroatoms. The van der Waals surface area contributed by atoms with Gasteiger partial charge in [0.25, 0.3) is 0 Å². The first-order chi connectivity index (χ1) is 7.27. The Morgan fingerprint density at radius 1 is 1.47 bits per heavy atom. The molecule has 1 rings (SSSR count). The Morgan fingerprint density at radius 3 is 2.93 bits per heavy atom. The molecular weight excluding hydrogens is 204 g/mol. The second-order valence-corrected chi connectivity index (χ2v) is 3.58. The number of carbonyl (C=O) groups excluding carboxylic acids is 1. The molecule has 0 aromatic heterocycles. The largest absolute Gasteiger partial charge is 0.294 e. The zero-order chi connectivity index (χ0) is 11.1. The number of benzene rings is 1. The van der Waals surface area contributed by atoms with Crippen LogP contribution in [0.5, 0.6) is 0 Å². The Morgan fingerprint density at radius 2 is 2.27 bits per heavy atom. The van der Waals surface area contributed by atoms with Crippen molar-refractivity contribution in [1.29, 1.82) is 0 Å². The van der Waals surface area contributed by atoms with E-state index in [-0.39, 0.29) is 5.78 Å². The van der Waals surface area contributed by atoms with Gasteiger partial charge in [-0.15, -0.1) is 0 Å². The molecule has 0 aliphatic carbocycles. The highest BCUT2D eigenvalue weighted by molar-refractivity contribution is 7.80. The van der Waals surface area contributed by atoms with Gasteiger partial charge in [0.2, 0.25) is 0 Å². The van der Waals surface area contributed by atoms with Crippen molar-refractivity contribution in [2.75, 3.05) is 5.75 Å². The van der Waals surface area contributed by atoms with Crippen molar-refractivity contribution in [2.45, 2.75) is 19.8 Å². The summed E-state index contributed by atoms with van der Waals surface area (Å²) >= 11 is 4.08. The van der Waals surface area contributed by atoms with E-state index in [2.05, 4.69) is 24.5 Å². The highest BCUT2D eigenvalue weighted by Crippen LogP contribution is 2.06. The molecule has 0 aliphatic rings. The maximum absolute atomic E-state index is 11.4. The summed E-state index contributed by atoms with van der Waals surface area (Å²) in [6.07, 6.45) is 1.31. The van der Waals surface area contributed by atoms with Gasteiger partial charge in [-0.1, -0.05) is 30.9 Å². The SMILES string of the molecule is CCC(=O)c1cccc(C#CCCS)c1. The lowest BCUT2D eigenvalue weighted by Crippen LogP contribution is -1.96. The molecule has 0 N–H and O–H groups in total. The zero-order valence-electron chi connectivity index (χ0n) is 8.79. The van der Waals surface area contributed by atoms with Crippen molar-refractivity contribution in [3.8, 4) is 11.8 Å². The molecule has 0 bridgehead atoms. The molecule has 0 fully saturated rings. The van der Waals surface area contributed by atoms with Crippen molar-refractivity contribution in [1.82, 2.24) is 0 Å². The number of carbonyl (C=O) groups is 1. The minimum absolute atomic E-state index is 0.160. The topological polar surface area (TPSA) is 17.1 Å². The fourth-order valence-corrected chi connectivity index (χ4v) is 1.31. The van der Waals surface area contributed by atoms with E-state index in [9.17, 15) is 4.79 Å². The quantitative estimate of drug-likeness (QED) is 0.469. The Bertz CT molecular complexity index is 398. The second kappa shape index (κ2) is 6.31. The summed E-state index contributed by atoms with van der Waals surface area (Å²) in [6.45, 7) is 1.86. The molecule has 0 saturated heterocycles. The minimum Gasteiger partial charge on any atom is -0.294 e. The molecule has 0 heterocycles. The molecule has 0 atom stereocenters. The first-order valence-corrected chi connectivity index (χ1v) is 5.64. The first-order valence-electron chi connectivity index (χ1n) is 5.01. The third kappa shape index (κ3) is 3.81. The van der Waals surface area contributed by atoms with Crippen LogP contribution >= 0.6 is 12.6 Å². The zero-order valence-corrected chi connectivity index (χ0v) is 9.68. The fourth-order valence-electron chi connectivity index (χ4n) is 1.19. The van der Waals surface area contributed by atoms with E-state index in [0.717, 1.165) is 23.3 Å². The van der Waals surface area contributed by atoms with Gasteiger partial charge in [0.1, 0.15) is 0 Å². The fraction of sp³-hybridized carbons (Fsp3) is 0.308. The normalized spacial score (nSPS) is 9.20. The van der Waals surface area contributed by atoms with Crippen LogP contribution in [-0.4, -0.2) is 11.5 Å². The van der Waals surface area contributed by atoms with Crippen LogP contribution in [0, 0.1) is 11.8 Å². The summed E-state index contributed by atoms with van der Waals surface area (Å²) in [5.41, 5.74) is 1.64. The third-order valence-electron chi connectivity index (χ3n) is 1.98. The predicted octanol–water partition coefficient (Wildman–Crippen LogP) is 2.95. The van der Waals surface area contributed by atoms with E-state index < -0.39 is 0 Å². The van der Waals surface area contributed by atoms with Crippen LogP contribution in [0.15, 0.2) is 24.3 Å². The molecule has 1 nitrogen and oxygen atoms in total. The van der Waals surface area contributed by atoms with Crippen LogP contribution in [0.1, 0.15) is 35.7 Å². The molecule has 0 saturated carbocycles. The molecule has 0 spiro atoms. The molecule has 0 unspecified atom stereocenters. The smallest absolute Gasteiger partial charge is 0.162 e. The van der Waals surface area contributed by atoms with Gasteiger partial charge in [-0.25, -0.2) is 0 Å². The van der Waals surface area contributed by atoms with Crippen molar-refractivity contribution < 1.29 is 4.79 Å². The van der Waals surface area contributed by atoms with Crippen LogP contribution in [0.4, 0.5) is 0 Å². The monoisotopic (exact) mass is 218 g/mol. The van der Waals surface area contributed by atoms with Gasteiger partial charge >= 0.3 is 0 Å². The van der Waals surface area contributed by atoms with Crippen molar-refractivity contribution in [3.05, 3.63) is 35.4 Å². The third-order valence-corrected chi connectivity index (χ3v) is 2.20. The molecule has 1 aromatic carbocycles. The van der Waals surface area contributed by atoms with Crippen LogP contribution in [0.3, 0.4) is 0 Å². The summed E-state index contributed by atoms with van der Waals surface area (Å²) in [5.74, 6) is 6.94. The molecule has 78 valence electrons. The van der Waals surface area contributed by atoms with E-state index in [4.69, 9.17) is 0 Å². The second-order valence-electron chi connectivity index (χ2n) is 3.13. The van der Waals surface area contributed by atoms with Crippen molar-refractivity contribution in [2.24, 2.45) is 0 Å². The standard InChI is InChI=1S/C13H14OS/c1-2-13(14)12-8-5-7-11(10-12)6-3-4-9-15/h5,7-8,10,15H,2,4,9H2,1H3. The Balaban J connectivity index is 2.84. The summed E-state index contributed by atoms with van der Waals surface area (Å²) in [6, 6.07) is 7.46. The van der Waals surface area contributed by atoms with Crippen molar-refractivity contribution in [3.63, 3.8) is 0 Å². The minimum atomic E-state index is 0.160. The van der Waals surface area contributed by atoms with E-state index in [1.54, 1.807) is 0 Å². The number of ketones is 1. The maximum atomic E-state index is 11.4. The first kappa shape index (κ1) is 11.9. The van der Waals surface area contributed by atoms with Crippen LogP contribution in [0.25, 0.3) is 0 Å². The highest BCUT2D eigenvalue weighted by Gasteiger charge is 2.01. The lowest BCUT2D eigenvalue weighted by atomic mass is 10.1. The van der Waals surface area contributed by atoms with E-state index >= 15 is 0 Å². The van der Waals surface area contributed by atoms with E-state index in [1.165, 1.54) is 0 Å². The molecule has 0 amide bonds. The molecule has 0 aliphatic heterocycles. The maximum Gasteiger partial charge on any atom is 0.162 e. The molecule has 1 aromatic rings. The van der Waals surface area contributed by atoms with Gasteiger partial charge in [-0.3, -0.25) is 4.79 Å². The van der Waals surface area contributed by atoms with Crippen LogP contribution in [-0.2, 0) is 0 Å². The Kier molecular flexibility index (Phi) is 5.00. The molecular formula is C13H14OS. The van der Waals surface area contributed by atoms with Gasteiger partial charge in [0.05, 0.1) is 0 Å². The summed E-state index contributed by atoms with van der Waals surface area (Å²) in [7, 11) is 0. The lowest BCUT2D eigenvalue weighted by molar-refractivity contribution is 0.0988. The van der Waals surface area contributed by atoms with E-state index in [0.29, 0.717) is 6.42 Å². The average molecular weight is 218 g/mol. The highest BCUT2D eigenvalue weighted by atomic mass is 32.1. The van der Waals surface area contributed by atoms with Gasteiger partial charge in [0, 0.05) is 29.7 Å². The summed E-state index contributed by atoms with van der Waals surface area (Å²) in [4.78, 5) is 11.4. The van der Waals surface area contributed by atoms with Crippen LogP contribution in [0.2, 0.25) is 0 Å².